The molecule has 0 aromatic heterocycles. The van der Waals surface area contributed by atoms with E-state index >= 15 is 0 Å². The van der Waals surface area contributed by atoms with Crippen molar-refractivity contribution in [1.82, 2.24) is 0 Å². The van der Waals surface area contributed by atoms with Crippen LogP contribution in [-0.2, 0) is 4.84 Å². The van der Waals surface area contributed by atoms with E-state index in [1.807, 2.05) is 0 Å². The van der Waals surface area contributed by atoms with Gasteiger partial charge in [-0.3, -0.25) is 0 Å². The van der Waals surface area contributed by atoms with Crippen LogP contribution in [-0.4, -0.2) is 31.4 Å². The van der Waals surface area contributed by atoms with Gasteiger partial charge in [0.2, 0.25) is 0 Å². The van der Waals surface area contributed by atoms with E-state index in [-0.39, 0.29) is 0 Å². The number of rotatable bonds is 6. The standard InChI is InChI=1S/C10H24NO/c1-6-9-11(4,5)12-10(7-2)8-3/h10H,6-9H2,1-5H3/q+1. The Labute approximate surface area is 77.1 Å². The Morgan fingerprint density at radius 3 is 1.92 bits per heavy atom. The first-order valence-corrected chi connectivity index (χ1v) is 5.07. The van der Waals surface area contributed by atoms with Crippen LogP contribution < -0.4 is 0 Å². The largest absolute Gasteiger partial charge is 0.200 e. The van der Waals surface area contributed by atoms with Crippen LogP contribution in [0.5, 0.6) is 0 Å². The van der Waals surface area contributed by atoms with Crippen molar-refractivity contribution in [3.05, 3.63) is 0 Å². The third-order valence-electron chi connectivity index (χ3n) is 2.11. The zero-order valence-electron chi connectivity index (χ0n) is 9.26. The predicted molar refractivity (Wildman–Crippen MR) is 52.7 cm³/mol. The molecule has 0 radical (unpaired) electrons. The highest BCUT2D eigenvalue weighted by Crippen LogP contribution is 2.10. The second kappa shape index (κ2) is 5.55. The van der Waals surface area contributed by atoms with Gasteiger partial charge in [-0.2, -0.15) is 4.65 Å². The minimum absolute atomic E-state index is 0.423. The summed E-state index contributed by atoms with van der Waals surface area (Å²) >= 11 is 0. The van der Waals surface area contributed by atoms with Gasteiger partial charge < -0.3 is 0 Å². The maximum atomic E-state index is 5.91. The van der Waals surface area contributed by atoms with Crippen molar-refractivity contribution in [3.8, 4) is 0 Å². The fourth-order valence-electron chi connectivity index (χ4n) is 1.43. The molecule has 0 aliphatic rings. The maximum absolute atomic E-state index is 5.91. The molecule has 0 spiro atoms. The van der Waals surface area contributed by atoms with Crippen molar-refractivity contribution in [2.45, 2.75) is 46.1 Å². The summed E-state index contributed by atoms with van der Waals surface area (Å²) in [6.45, 7) is 7.65. The molecule has 0 aliphatic heterocycles. The number of nitrogens with zero attached hydrogens (tertiary/aromatic N) is 1. The fourth-order valence-corrected chi connectivity index (χ4v) is 1.43. The lowest BCUT2D eigenvalue weighted by atomic mass is 10.2. The van der Waals surface area contributed by atoms with Crippen LogP contribution in [0.4, 0.5) is 0 Å². The van der Waals surface area contributed by atoms with Crippen molar-refractivity contribution in [2.75, 3.05) is 20.6 Å². The monoisotopic (exact) mass is 174 g/mol. The SMILES string of the molecule is CCC[N+](C)(C)OC(CC)CC. The van der Waals surface area contributed by atoms with Gasteiger partial charge in [0.15, 0.2) is 0 Å². The summed E-state index contributed by atoms with van der Waals surface area (Å²) in [5.74, 6) is 0. The summed E-state index contributed by atoms with van der Waals surface area (Å²) < 4.78 is 0.697. The molecule has 0 aromatic carbocycles. The van der Waals surface area contributed by atoms with Gasteiger partial charge >= 0.3 is 0 Å². The zero-order valence-corrected chi connectivity index (χ0v) is 9.26. The summed E-state index contributed by atoms with van der Waals surface area (Å²) in [4.78, 5) is 5.91. The predicted octanol–water partition coefficient (Wildman–Crippen LogP) is 2.59. The quantitative estimate of drug-likeness (QED) is 0.444. The van der Waals surface area contributed by atoms with Crippen LogP contribution >= 0.6 is 0 Å². The minimum atomic E-state index is 0.423. The van der Waals surface area contributed by atoms with E-state index in [4.69, 9.17) is 4.84 Å². The summed E-state index contributed by atoms with van der Waals surface area (Å²) in [5.41, 5.74) is 0. The van der Waals surface area contributed by atoms with Crippen molar-refractivity contribution in [3.63, 3.8) is 0 Å². The van der Waals surface area contributed by atoms with Crippen molar-refractivity contribution in [2.24, 2.45) is 0 Å². The molecule has 0 fully saturated rings. The molecule has 74 valence electrons. The first kappa shape index (κ1) is 11.9. The lowest BCUT2D eigenvalue weighted by molar-refractivity contribution is -1.08. The Kier molecular flexibility index (Phi) is 5.51. The summed E-state index contributed by atoms with van der Waals surface area (Å²) in [6, 6.07) is 0. The molecule has 0 saturated heterocycles. The molecule has 0 heterocycles. The Morgan fingerprint density at radius 2 is 1.58 bits per heavy atom. The van der Waals surface area contributed by atoms with Gasteiger partial charge in [-0.05, 0) is 19.3 Å². The summed E-state index contributed by atoms with van der Waals surface area (Å²) in [6.07, 6.45) is 3.82. The fraction of sp³-hybridized carbons (Fsp3) is 1.00. The molecule has 0 saturated carbocycles. The van der Waals surface area contributed by atoms with E-state index in [0.29, 0.717) is 10.8 Å². The van der Waals surface area contributed by atoms with E-state index < -0.39 is 0 Å². The Balaban J connectivity index is 3.84. The van der Waals surface area contributed by atoms with E-state index in [9.17, 15) is 0 Å². The van der Waals surface area contributed by atoms with E-state index in [0.717, 1.165) is 19.4 Å². The second-order valence-electron chi connectivity index (χ2n) is 3.84. The van der Waals surface area contributed by atoms with Gasteiger partial charge in [0, 0.05) is 0 Å². The van der Waals surface area contributed by atoms with Crippen LogP contribution in [0.3, 0.4) is 0 Å². The Bertz CT molecular complexity index is 108. The molecule has 2 nitrogen and oxygen atoms in total. The molecule has 0 aliphatic carbocycles. The maximum Gasteiger partial charge on any atom is 0.116 e. The van der Waals surface area contributed by atoms with E-state index in [1.165, 1.54) is 6.42 Å². The molecule has 0 amide bonds. The zero-order chi connectivity index (χ0) is 9.61. The van der Waals surface area contributed by atoms with Crippen LogP contribution in [0.25, 0.3) is 0 Å². The van der Waals surface area contributed by atoms with Gasteiger partial charge in [-0.25, -0.2) is 4.84 Å². The molecular formula is C10H24NO+. The van der Waals surface area contributed by atoms with Crippen molar-refractivity contribution >= 4 is 0 Å². The van der Waals surface area contributed by atoms with Gasteiger partial charge in [0.1, 0.15) is 12.6 Å². The number of hydrogen-bond acceptors (Lipinski definition) is 1. The highest BCUT2D eigenvalue weighted by atomic mass is 16.7. The average molecular weight is 174 g/mol. The normalized spacial score (nSPS) is 12.5. The van der Waals surface area contributed by atoms with Crippen LogP contribution in [0, 0.1) is 0 Å². The molecule has 0 bridgehead atoms. The molecule has 0 aromatic rings. The van der Waals surface area contributed by atoms with Crippen LogP contribution in [0.15, 0.2) is 0 Å². The number of hydroxylamine groups is 3. The first-order valence-electron chi connectivity index (χ1n) is 5.07. The summed E-state index contributed by atoms with van der Waals surface area (Å²) in [5, 5.41) is 0. The number of hydrogen-bond donors (Lipinski definition) is 0. The molecule has 12 heavy (non-hydrogen) atoms. The second-order valence-corrected chi connectivity index (χ2v) is 3.84. The van der Waals surface area contributed by atoms with Crippen molar-refractivity contribution < 1.29 is 9.48 Å². The smallest absolute Gasteiger partial charge is 0.116 e. The molecule has 0 atom stereocenters. The Hall–Kier alpha value is -0.0800. The van der Waals surface area contributed by atoms with E-state index in [1.54, 1.807) is 0 Å². The van der Waals surface area contributed by atoms with E-state index in [2.05, 4.69) is 34.9 Å². The lowest BCUT2D eigenvalue weighted by Crippen LogP contribution is -2.43. The van der Waals surface area contributed by atoms with Gasteiger partial charge in [-0.1, -0.05) is 20.8 Å². The molecular weight excluding hydrogens is 150 g/mol. The average Bonchev–Trinajstić information content (AvgIpc) is 2.00. The highest BCUT2D eigenvalue weighted by Gasteiger charge is 2.20. The van der Waals surface area contributed by atoms with Crippen LogP contribution in [0.2, 0.25) is 0 Å². The third-order valence-corrected chi connectivity index (χ3v) is 2.11. The van der Waals surface area contributed by atoms with Gasteiger partial charge in [-0.15, -0.1) is 0 Å². The minimum Gasteiger partial charge on any atom is -0.200 e. The third kappa shape index (κ3) is 4.73. The lowest BCUT2D eigenvalue weighted by Gasteiger charge is -2.30. The number of quaternary nitrogens is 1. The first-order chi connectivity index (χ1) is 5.55. The van der Waals surface area contributed by atoms with Crippen molar-refractivity contribution in [1.29, 1.82) is 0 Å². The molecule has 0 N–H and O–H groups in total. The summed E-state index contributed by atoms with van der Waals surface area (Å²) in [7, 11) is 4.25. The van der Waals surface area contributed by atoms with Crippen LogP contribution in [0.1, 0.15) is 40.0 Å². The highest BCUT2D eigenvalue weighted by molar-refractivity contribution is 4.46. The van der Waals surface area contributed by atoms with Gasteiger partial charge in [0.05, 0.1) is 14.1 Å². The molecule has 0 unspecified atom stereocenters. The van der Waals surface area contributed by atoms with Gasteiger partial charge in [0.25, 0.3) is 0 Å². The molecule has 2 heteroatoms. The molecule has 0 rings (SSSR count). The Morgan fingerprint density at radius 1 is 1.08 bits per heavy atom. The topological polar surface area (TPSA) is 9.23 Å².